The number of amides is 1. The molecule has 1 aliphatic carbocycles. The van der Waals surface area contributed by atoms with Crippen LogP contribution in [0.15, 0.2) is 42.5 Å². The Bertz CT molecular complexity index is 935. The van der Waals surface area contributed by atoms with Gasteiger partial charge in [-0.2, -0.15) is 0 Å². The summed E-state index contributed by atoms with van der Waals surface area (Å²) >= 11 is 0. The first-order chi connectivity index (χ1) is 14.5. The average molecular weight is 411 g/mol. The van der Waals surface area contributed by atoms with Gasteiger partial charge in [-0.15, -0.1) is 0 Å². The maximum Gasteiger partial charge on any atom is 0.344 e. The van der Waals surface area contributed by atoms with Crippen LogP contribution in [0.25, 0.3) is 0 Å². The van der Waals surface area contributed by atoms with Crippen molar-refractivity contribution in [2.45, 2.75) is 44.8 Å². The third-order valence-corrected chi connectivity index (χ3v) is 5.15. The van der Waals surface area contributed by atoms with Crippen LogP contribution < -0.4 is 19.5 Å². The number of aryl methyl sites for hydroxylation is 1. The summed E-state index contributed by atoms with van der Waals surface area (Å²) < 4.78 is 22.4. The molecular weight excluding hydrogens is 386 g/mol. The first kappa shape index (κ1) is 20.1. The number of carbonyl (C=O) groups excluding carboxylic acids is 2. The third-order valence-electron chi connectivity index (χ3n) is 5.15. The number of rotatable bonds is 6. The van der Waals surface area contributed by atoms with Crippen LogP contribution >= 0.6 is 0 Å². The van der Waals surface area contributed by atoms with E-state index < -0.39 is 24.3 Å². The second-order valence-corrected chi connectivity index (χ2v) is 7.65. The predicted molar refractivity (Wildman–Crippen MR) is 110 cm³/mol. The number of esters is 1. The van der Waals surface area contributed by atoms with Gasteiger partial charge >= 0.3 is 5.97 Å². The van der Waals surface area contributed by atoms with Crippen molar-refractivity contribution in [3.63, 3.8) is 0 Å². The Morgan fingerprint density at radius 3 is 2.60 bits per heavy atom. The molecule has 30 heavy (non-hydrogen) atoms. The molecule has 7 nitrogen and oxygen atoms in total. The fourth-order valence-corrected chi connectivity index (χ4v) is 3.70. The molecule has 1 aliphatic heterocycles. The lowest BCUT2D eigenvalue weighted by Crippen LogP contribution is -2.40. The topological polar surface area (TPSA) is 83.1 Å². The Kier molecular flexibility index (Phi) is 5.79. The highest BCUT2D eigenvalue weighted by Gasteiger charge is 2.42. The number of benzene rings is 2. The quantitative estimate of drug-likeness (QED) is 0.724. The van der Waals surface area contributed by atoms with E-state index >= 15 is 0 Å². The standard InChI is InChI=1S/C23H25NO6/c1-16-6-5-7-18(12-16)27-15-22(26)28-14-21(25)24-17-8-9-19-20(13-17)30-23(29-19)10-3-2-4-11-23/h5-9,12-13H,2-4,10-11,14-15H2,1H3,(H,24,25). The molecule has 1 amide bonds. The van der Waals surface area contributed by atoms with Crippen LogP contribution in [-0.2, 0) is 14.3 Å². The van der Waals surface area contributed by atoms with Gasteiger partial charge in [0.2, 0.25) is 0 Å². The SMILES string of the molecule is Cc1cccc(OCC(=O)OCC(=O)Nc2ccc3c(c2)OC2(CCCCC2)O3)c1. The van der Waals surface area contributed by atoms with E-state index in [2.05, 4.69) is 5.32 Å². The fraction of sp³-hybridized carbons (Fsp3) is 0.391. The average Bonchev–Trinajstić information content (AvgIpc) is 3.07. The van der Waals surface area contributed by atoms with E-state index in [1.807, 2.05) is 25.1 Å². The molecule has 0 saturated heterocycles. The zero-order valence-corrected chi connectivity index (χ0v) is 16.9. The number of fused-ring (bicyclic) bond motifs is 1. The number of nitrogens with one attached hydrogen (secondary N) is 1. The summed E-state index contributed by atoms with van der Waals surface area (Å²) in [4.78, 5) is 23.9. The maximum atomic E-state index is 12.1. The van der Waals surface area contributed by atoms with Crippen molar-refractivity contribution >= 4 is 17.6 Å². The number of ether oxygens (including phenoxy) is 4. The lowest BCUT2D eigenvalue weighted by Gasteiger charge is -2.31. The second kappa shape index (κ2) is 8.65. The van der Waals surface area contributed by atoms with Crippen LogP contribution in [0, 0.1) is 6.92 Å². The van der Waals surface area contributed by atoms with Crippen molar-refractivity contribution in [2.75, 3.05) is 18.5 Å². The van der Waals surface area contributed by atoms with Crippen molar-refractivity contribution in [3.8, 4) is 17.2 Å². The van der Waals surface area contributed by atoms with Crippen LogP contribution in [0.1, 0.15) is 37.7 Å². The molecule has 0 unspecified atom stereocenters. The van der Waals surface area contributed by atoms with Crippen LogP contribution in [0.4, 0.5) is 5.69 Å². The molecule has 1 saturated carbocycles. The van der Waals surface area contributed by atoms with Gasteiger partial charge in [-0.05, 0) is 49.6 Å². The highest BCUT2D eigenvalue weighted by molar-refractivity contribution is 5.93. The van der Waals surface area contributed by atoms with E-state index in [1.165, 1.54) is 6.42 Å². The van der Waals surface area contributed by atoms with Crippen molar-refractivity contribution in [2.24, 2.45) is 0 Å². The minimum absolute atomic E-state index is 0.261. The van der Waals surface area contributed by atoms with Crippen LogP contribution in [-0.4, -0.2) is 30.9 Å². The summed E-state index contributed by atoms with van der Waals surface area (Å²) in [6.45, 7) is 1.28. The summed E-state index contributed by atoms with van der Waals surface area (Å²) in [7, 11) is 0. The summed E-state index contributed by atoms with van der Waals surface area (Å²) in [5, 5.41) is 2.71. The molecule has 158 valence electrons. The molecule has 1 fully saturated rings. The Morgan fingerprint density at radius 1 is 1.00 bits per heavy atom. The monoisotopic (exact) mass is 411 g/mol. The predicted octanol–water partition coefficient (Wildman–Crippen LogP) is 3.99. The minimum Gasteiger partial charge on any atom is -0.482 e. The van der Waals surface area contributed by atoms with Crippen molar-refractivity contribution in [3.05, 3.63) is 48.0 Å². The highest BCUT2D eigenvalue weighted by Crippen LogP contribution is 2.46. The molecule has 1 heterocycles. The van der Waals surface area contributed by atoms with Crippen LogP contribution in [0.3, 0.4) is 0 Å². The van der Waals surface area contributed by atoms with E-state index in [1.54, 1.807) is 24.3 Å². The molecule has 1 spiro atoms. The zero-order chi connectivity index (χ0) is 21.0. The summed E-state index contributed by atoms with van der Waals surface area (Å²) in [6.07, 6.45) is 5.09. The first-order valence-electron chi connectivity index (χ1n) is 10.2. The molecule has 7 heteroatoms. The van der Waals surface area contributed by atoms with E-state index in [4.69, 9.17) is 18.9 Å². The molecule has 0 aromatic heterocycles. The fourth-order valence-electron chi connectivity index (χ4n) is 3.70. The van der Waals surface area contributed by atoms with Crippen LogP contribution in [0.5, 0.6) is 17.2 Å². The number of anilines is 1. The van der Waals surface area contributed by atoms with Gasteiger partial charge in [-0.25, -0.2) is 4.79 Å². The number of carbonyl (C=O) groups is 2. The molecule has 0 atom stereocenters. The molecule has 2 aromatic rings. The van der Waals surface area contributed by atoms with Crippen LogP contribution in [0.2, 0.25) is 0 Å². The van der Waals surface area contributed by atoms with Gasteiger partial charge in [0.15, 0.2) is 24.7 Å². The van der Waals surface area contributed by atoms with Gasteiger partial charge in [0.25, 0.3) is 11.7 Å². The molecule has 4 rings (SSSR count). The summed E-state index contributed by atoms with van der Waals surface area (Å²) in [5.41, 5.74) is 1.58. The van der Waals surface area contributed by atoms with Gasteiger partial charge < -0.3 is 24.3 Å². The summed E-state index contributed by atoms with van der Waals surface area (Å²) in [5.74, 6) is 0.276. The Morgan fingerprint density at radius 2 is 1.80 bits per heavy atom. The second-order valence-electron chi connectivity index (χ2n) is 7.65. The number of hydrogen-bond donors (Lipinski definition) is 1. The summed E-state index contributed by atoms with van der Waals surface area (Å²) in [6, 6.07) is 12.6. The van der Waals surface area contributed by atoms with Crippen molar-refractivity contribution < 1.29 is 28.5 Å². The van der Waals surface area contributed by atoms with E-state index in [0.29, 0.717) is 22.9 Å². The van der Waals surface area contributed by atoms with Gasteiger partial charge in [0.1, 0.15) is 5.75 Å². The van der Waals surface area contributed by atoms with Gasteiger partial charge in [-0.3, -0.25) is 4.79 Å². The van der Waals surface area contributed by atoms with E-state index in [0.717, 1.165) is 31.2 Å². The van der Waals surface area contributed by atoms with Gasteiger partial charge in [0, 0.05) is 24.6 Å². The Hall–Kier alpha value is -3.22. The molecule has 2 aliphatic rings. The van der Waals surface area contributed by atoms with Gasteiger partial charge in [-0.1, -0.05) is 18.6 Å². The maximum absolute atomic E-state index is 12.1. The van der Waals surface area contributed by atoms with Gasteiger partial charge in [0.05, 0.1) is 0 Å². The largest absolute Gasteiger partial charge is 0.482 e. The normalized spacial score (nSPS) is 16.2. The van der Waals surface area contributed by atoms with Crippen molar-refractivity contribution in [1.82, 2.24) is 0 Å². The minimum atomic E-state index is -0.614. The van der Waals surface area contributed by atoms with E-state index in [-0.39, 0.29) is 6.61 Å². The molecule has 0 radical (unpaired) electrons. The van der Waals surface area contributed by atoms with E-state index in [9.17, 15) is 9.59 Å². The molecule has 2 aromatic carbocycles. The zero-order valence-electron chi connectivity index (χ0n) is 16.9. The lowest BCUT2D eigenvalue weighted by atomic mass is 9.94. The molecule has 0 bridgehead atoms. The third kappa shape index (κ3) is 4.84. The Labute approximate surface area is 175 Å². The molecule has 1 N–H and O–H groups in total. The molecular formula is C23H25NO6. The lowest BCUT2D eigenvalue weighted by molar-refractivity contribution is -0.149. The first-order valence-corrected chi connectivity index (χ1v) is 10.2. The smallest absolute Gasteiger partial charge is 0.344 e. The Balaban J connectivity index is 1.24. The van der Waals surface area contributed by atoms with Crippen molar-refractivity contribution in [1.29, 1.82) is 0 Å². The highest BCUT2D eigenvalue weighted by atomic mass is 16.7. The number of hydrogen-bond acceptors (Lipinski definition) is 6.